The molecule has 0 aliphatic carbocycles. The van der Waals surface area contributed by atoms with Crippen LogP contribution in [0.25, 0.3) is 0 Å². The Morgan fingerprint density at radius 1 is 1.47 bits per heavy atom. The molecule has 0 radical (unpaired) electrons. The first kappa shape index (κ1) is 13.9. The molecule has 0 aliphatic rings. The average Bonchev–Trinajstić information content (AvgIpc) is 2.28. The number of amides is 1. The van der Waals surface area contributed by atoms with Gasteiger partial charge in [-0.3, -0.25) is 4.79 Å². The van der Waals surface area contributed by atoms with Crippen molar-refractivity contribution in [2.24, 2.45) is 0 Å². The van der Waals surface area contributed by atoms with Crippen molar-refractivity contribution in [2.45, 2.75) is 13.0 Å². The van der Waals surface area contributed by atoms with Crippen LogP contribution in [0.3, 0.4) is 0 Å². The van der Waals surface area contributed by atoms with E-state index in [1.165, 1.54) is 0 Å². The maximum absolute atomic E-state index is 11.6. The first-order valence-electron chi connectivity index (χ1n) is 5.02. The molecule has 1 amide bonds. The summed E-state index contributed by atoms with van der Waals surface area (Å²) in [4.78, 5) is 11.6. The fourth-order valence-corrected chi connectivity index (χ4v) is 1.29. The van der Waals surface area contributed by atoms with Crippen LogP contribution in [0.5, 0.6) is 5.75 Å². The van der Waals surface area contributed by atoms with Gasteiger partial charge in [0.25, 0.3) is 5.91 Å². The van der Waals surface area contributed by atoms with Crippen LogP contribution in [-0.4, -0.2) is 18.6 Å². The molecule has 1 N–H and O–H groups in total. The van der Waals surface area contributed by atoms with Crippen molar-refractivity contribution < 1.29 is 9.53 Å². The van der Waals surface area contributed by atoms with E-state index in [9.17, 15) is 4.79 Å². The van der Waals surface area contributed by atoms with Crippen LogP contribution in [0.2, 0.25) is 5.02 Å². The predicted octanol–water partition coefficient (Wildman–Crippen LogP) is 2.98. The largest absolute Gasteiger partial charge is 0.481 e. The first-order valence-corrected chi connectivity index (χ1v) is 5.78. The Balaban J connectivity index is 2.48. The van der Waals surface area contributed by atoms with E-state index in [1.807, 2.05) is 0 Å². The standard InChI is InChI=1S/C12H13Cl2NO2/c1-8(13)7-15-12(16)9(2)17-11-5-3-10(14)4-6-11/h3-6,9H,1,7H2,2H3,(H,15,16). The van der Waals surface area contributed by atoms with Gasteiger partial charge in [-0.25, -0.2) is 0 Å². The van der Waals surface area contributed by atoms with Crippen LogP contribution in [0.4, 0.5) is 0 Å². The van der Waals surface area contributed by atoms with Crippen molar-refractivity contribution in [1.29, 1.82) is 0 Å². The topological polar surface area (TPSA) is 38.3 Å². The molecule has 5 heteroatoms. The molecule has 1 aromatic rings. The van der Waals surface area contributed by atoms with E-state index in [1.54, 1.807) is 31.2 Å². The van der Waals surface area contributed by atoms with Crippen molar-refractivity contribution in [1.82, 2.24) is 5.32 Å². The molecule has 0 spiro atoms. The van der Waals surface area contributed by atoms with Gasteiger partial charge in [-0.2, -0.15) is 0 Å². The number of hydrogen-bond donors (Lipinski definition) is 1. The van der Waals surface area contributed by atoms with Crippen molar-refractivity contribution in [3.05, 3.63) is 40.9 Å². The van der Waals surface area contributed by atoms with Gasteiger partial charge in [0.1, 0.15) is 5.75 Å². The lowest BCUT2D eigenvalue weighted by molar-refractivity contribution is -0.127. The van der Waals surface area contributed by atoms with Gasteiger partial charge in [-0.15, -0.1) is 0 Å². The van der Waals surface area contributed by atoms with Gasteiger partial charge in [0, 0.05) is 10.1 Å². The minimum Gasteiger partial charge on any atom is -0.481 e. The summed E-state index contributed by atoms with van der Waals surface area (Å²) in [6.07, 6.45) is -0.604. The second kappa shape index (κ2) is 6.52. The third-order valence-electron chi connectivity index (χ3n) is 1.95. The first-order chi connectivity index (χ1) is 7.99. The Morgan fingerprint density at radius 2 is 2.06 bits per heavy atom. The van der Waals surface area contributed by atoms with Crippen LogP contribution in [0.15, 0.2) is 35.9 Å². The molecule has 0 aromatic heterocycles. The maximum atomic E-state index is 11.6. The minimum absolute atomic E-state index is 0.231. The molecule has 17 heavy (non-hydrogen) atoms. The van der Waals surface area contributed by atoms with Crippen molar-refractivity contribution in [3.8, 4) is 5.75 Å². The fraction of sp³-hybridized carbons (Fsp3) is 0.250. The molecule has 0 heterocycles. The SMILES string of the molecule is C=C(Cl)CNC(=O)C(C)Oc1ccc(Cl)cc1. The number of halogens is 2. The summed E-state index contributed by atoms with van der Waals surface area (Å²) in [6, 6.07) is 6.80. The number of carbonyl (C=O) groups excluding carboxylic acids is 1. The van der Waals surface area contributed by atoms with Crippen molar-refractivity contribution >= 4 is 29.1 Å². The van der Waals surface area contributed by atoms with Gasteiger partial charge in [-0.05, 0) is 31.2 Å². The Hall–Kier alpha value is -1.19. The van der Waals surface area contributed by atoms with E-state index >= 15 is 0 Å². The van der Waals surface area contributed by atoms with E-state index < -0.39 is 6.10 Å². The second-order valence-electron chi connectivity index (χ2n) is 3.45. The normalized spacial score (nSPS) is 11.7. The number of nitrogens with one attached hydrogen (secondary N) is 1. The zero-order valence-corrected chi connectivity index (χ0v) is 10.9. The Morgan fingerprint density at radius 3 is 2.59 bits per heavy atom. The summed E-state index contributed by atoms with van der Waals surface area (Å²) in [6.45, 7) is 5.36. The van der Waals surface area contributed by atoms with Crippen LogP contribution < -0.4 is 10.1 Å². The molecule has 0 fully saturated rings. The van der Waals surface area contributed by atoms with Crippen LogP contribution in [0, 0.1) is 0 Å². The van der Waals surface area contributed by atoms with E-state index in [4.69, 9.17) is 27.9 Å². The third-order valence-corrected chi connectivity index (χ3v) is 2.34. The molecule has 3 nitrogen and oxygen atoms in total. The van der Waals surface area contributed by atoms with E-state index in [-0.39, 0.29) is 12.5 Å². The summed E-state index contributed by atoms with van der Waals surface area (Å²) in [5.74, 6) is 0.337. The smallest absolute Gasteiger partial charge is 0.261 e. The molecule has 0 aliphatic heterocycles. The van der Waals surface area contributed by atoms with Crippen LogP contribution in [-0.2, 0) is 4.79 Å². The fourth-order valence-electron chi connectivity index (χ4n) is 1.10. The lowest BCUT2D eigenvalue weighted by atomic mass is 10.3. The van der Waals surface area contributed by atoms with Gasteiger partial charge in [0.15, 0.2) is 6.10 Å². The number of carbonyl (C=O) groups is 1. The van der Waals surface area contributed by atoms with Crippen LogP contribution >= 0.6 is 23.2 Å². The molecule has 92 valence electrons. The van der Waals surface area contributed by atoms with Gasteiger partial charge < -0.3 is 10.1 Å². The highest BCUT2D eigenvalue weighted by Gasteiger charge is 2.13. The molecule has 0 bridgehead atoms. The average molecular weight is 274 g/mol. The third kappa shape index (κ3) is 5.11. The number of benzene rings is 1. The minimum atomic E-state index is -0.604. The predicted molar refractivity (Wildman–Crippen MR) is 69.5 cm³/mol. The van der Waals surface area contributed by atoms with Gasteiger partial charge in [-0.1, -0.05) is 29.8 Å². The molecule has 0 saturated heterocycles. The Kier molecular flexibility index (Phi) is 5.32. The summed E-state index contributed by atoms with van der Waals surface area (Å²) in [5, 5.41) is 3.58. The van der Waals surface area contributed by atoms with E-state index in [0.29, 0.717) is 15.8 Å². The van der Waals surface area contributed by atoms with Crippen LogP contribution in [0.1, 0.15) is 6.92 Å². The Bertz CT molecular complexity index is 403. The molecule has 1 unspecified atom stereocenters. The number of hydrogen-bond acceptors (Lipinski definition) is 2. The molecular formula is C12H13Cl2NO2. The van der Waals surface area contributed by atoms with Gasteiger partial charge >= 0.3 is 0 Å². The summed E-state index contributed by atoms with van der Waals surface area (Å²) >= 11 is 11.3. The summed E-state index contributed by atoms with van der Waals surface area (Å²) in [5.41, 5.74) is 0. The highest BCUT2D eigenvalue weighted by atomic mass is 35.5. The molecular weight excluding hydrogens is 261 g/mol. The lowest BCUT2D eigenvalue weighted by Crippen LogP contribution is -2.36. The molecule has 1 rings (SSSR count). The monoisotopic (exact) mass is 273 g/mol. The second-order valence-corrected chi connectivity index (χ2v) is 4.42. The zero-order chi connectivity index (χ0) is 12.8. The van der Waals surface area contributed by atoms with Crippen molar-refractivity contribution in [2.75, 3.05) is 6.54 Å². The highest BCUT2D eigenvalue weighted by Crippen LogP contribution is 2.16. The molecule has 0 saturated carbocycles. The van der Waals surface area contributed by atoms with E-state index in [2.05, 4.69) is 11.9 Å². The van der Waals surface area contributed by atoms with Crippen molar-refractivity contribution in [3.63, 3.8) is 0 Å². The molecule has 1 aromatic carbocycles. The maximum Gasteiger partial charge on any atom is 0.261 e. The van der Waals surface area contributed by atoms with Gasteiger partial charge in [0.05, 0.1) is 6.54 Å². The quantitative estimate of drug-likeness (QED) is 0.896. The highest BCUT2D eigenvalue weighted by molar-refractivity contribution is 6.30. The Labute approximate surface area is 110 Å². The zero-order valence-electron chi connectivity index (χ0n) is 9.37. The summed E-state index contributed by atoms with van der Waals surface area (Å²) in [7, 11) is 0. The van der Waals surface area contributed by atoms with Gasteiger partial charge in [0.2, 0.25) is 0 Å². The molecule has 1 atom stereocenters. The number of ether oxygens (including phenoxy) is 1. The summed E-state index contributed by atoms with van der Waals surface area (Å²) < 4.78 is 5.42. The van der Waals surface area contributed by atoms with E-state index in [0.717, 1.165) is 0 Å². The number of rotatable bonds is 5. The lowest BCUT2D eigenvalue weighted by Gasteiger charge is -2.14.